The molecule has 2 N–H and O–H groups in total. The van der Waals surface area contributed by atoms with Crippen LogP contribution in [0.4, 0.5) is 10.2 Å². The van der Waals surface area contributed by atoms with Crippen LogP contribution in [0.25, 0.3) is 0 Å². The van der Waals surface area contributed by atoms with Gasteiger partial charge in [-0.15, -0.1) is 0 Å². The van der Waals surface area contributed by atoms with Crippen LogP contribution in [-0.2, 0) is 6.54 Å². The van der Waals surface area contributed by atoms with E-state index >= 15 is 0 Å². The largest absolute Gasteiger partial charge is 0.382 e. The lowest BCUT2D eigenvalue weighted by Crippen LogP contribution is -2.28. The van der Waals surface area contributed by atoms with Gasteiger partial charge in [-0.3, -0.25) is 4.79 Å². The van der Waals surface area contributed by atoms with Crippen molar-refractivity contribution in [3.63, 3.8) is 0 Å². The zero-order chi connectivity index (χ0) is 13.8. The molecule has 5 nitrogen and oxygen atoms in total. The van der Waals surface area contributed by atoms with Gasteiger partial charge in [-0.25, -0.2) is 14.4 Å². The summed E-state index contributed by atoms with van der Waals surface area (Å²) in [5.74, 6) is -0.606. The Morgan fingerprint density at radius 3 is 2.79 bits per heavy atom. The number of nitrogens with zero attached hydrogens (tertiary/aromatic N) is 3. The summed E-state index contributed by atoms with van der Waals surface area (Å²) in [4.78, 5) is 21.2. The zero-order valence-corrected chi connectivity index (χ0v) is 10.4. The van der Waals surface area contributed by atoms with Crippen LogP contribution in [0.15, 0.2) is 36.7 Å². The third kappa shape index (κ3) is 3.04. The second kappa shape index (κ2) is 5.43. The summed E-state index contributed by atoms with van der Waals surface area (Å²) in [6.07, 6.45) is 2.82. The molecule has 1 aromatic carbocycles. The second-order valence-corrected chi connectivity index (χ2v) is 4.08. The molecule has 0 fully saturated rings. The number of aromatic nitrogens is 2. The number of carbonyl (C=O) groups is 1. The number of amides is 1. The van der Waals surface area contributed by atoms with Gasteiger partial charge in [0.2, 0.25) is 0 Å². The highest BCUT2D eigenvalue weighted by atomic mass is 19.1. The van der Waals surface area contributed by atoms with Gasteiger partial charge in [0, 0.05) is 26.0 Å². The number of anilines is 1. The molecular weight excluding hydrogens is 247 g/mol. The SMILES string of the molecule is CN(Cc1cccc(F)c1)C(=O)c1nccnc1N. The van der Waals surface area contributed by atoms with Crippen LogP contribution >= 0.6 is 0 Å². The number of hydrogen-bond donors (Lipinski definition) is 1. The molecule has 0 atom stereocenters. The van der Waals surface area contributed by atoms with E-state index in [0.29, 0.717) is 5.56 Å². The summed E-state index contributed by atoms with van der Waals surface area (Å²) >= 11 is 0. The van der Waals surface area contributed by atoms with Crippen molar-refractivity contribution in [2.45, 2.75) is 6.54 Å². The van der Waals surface area contributed by atoms with Crippen molar-refractivity contribution in [1.82, 2.24) is 14.9 Å². The average molecular weight is 260 g/mol. The fourth-order valence-electron chi connectivity index (χ4n) is 1.68. The molecule has 0 unspecified atom stereocenters. The van der Waals surface area contributed by atoms with Gasteiger partial charge in [0.1, 0.15) is 5.82 Å². The van der Waals surface area contributed by atoms with E-state index in [9.17, 15) is 9.18 Å². The van der Waals surface area contributed by atoms with Gasteiger partial charge in [-0.2, -0.15) is 0 Å². The Balaban J connectivity index is 2.14. The molecular formula is C13H13FN4O. The van der Waals surface area contributed by atoms with Crippen LogP contribution in [0.3, 0.4) is 0 Å². The fraction of sp³-hybridized carbons (Fsp3) is 0.154. The minimum atomic E-state index is -0.352. The summed E-state index contributed by atoms with van der Waals surface area (Å²) in [7, 11) is 1.60. The quantitative estimate of drug-likeness (QED) is 0.907. The Morgan fingerprint density at radius 2 is 2.11 bits per heavy atom. The molecule has 0 aliphatic carbocycles. The molecule has 0 aliphatic rings. The number of nitrogens with two attached hydrogens (primary N) is 1. The fourth-order valence-corrected chi connectivity index (χ4v) is 1.68. The molecule has 1 heterocycles. The normalized spacial score (nSPS) is 10.2. The predicted octanol–water partition coefficient (Wildman–Crippen LogP) is 1.47. The first-order valence-electron chi connectivity index (χ1n) is 5.64. The van der Waals surface area contributed by atoms with Crippen LogP contribution in [0.5, 0.6) is 0 Å². The minimum Gasteiger partial charge on any atom is -0.382 e. The molecule has 2 aromatic rings. The van der Waals surface area contributed by atoms with E-state index in [1.807, 2.05) is 0 Å². The Kier molecular flexibility index (Phi) is 3.70. The van der Waals surface area contributed by atoms with Crippen molar-refractivity contribution in [3.8, 4) is 0 Å². The topological polar surface area (TPSA) is 72.1 Å². The Bertz CT molecular complexity index is 603. The van der Waals surface area contributed by atoms with Crippen molar-refractivity contribution < 1.29 is 9.18 Å². The number of benzene rings is 1. The van der Waals surface area contributed by atoms with Crippen LogP contribution in [-0.4, -0.2) is 27.8 Å². The van der Waals surface area contributed by atoms with E-state index in [1.54, 1.807) is 19.2 Å². The average Bonchev–Trinajstić information content (AvgIpc) is 2.38. The van der Waals surface area contributed by atoms with Crippen LogP contribution in [0.1, 0.15) is 16.1 Å². The summed E-state index contributed by atoms with van der Waals surface area (Å²) in [5, 5.41) is 0. The lowest BCUT2D eigenvalue weighted by molar-refractivity contribution is 0.0780. The molecule has 2 rings (SSSR count). The predicted molar refractivity (Wildman–Crippen MR) is 68.6 cm³/mol. The molecule has 0 aliphatic heterocycles. The van der Waals surface area contributed by atoms with Crippen molar-refractivity contribution in [3.05, 3.63) is 53.7 Å². The van der Waals surface area contributed by atoms with Crippen molar-refractivity contribution >= 4 is 11.7 Å². The maximum Gasteiger partial charge on any atom is 0.276 e. The maximum atomic E-state index is 13.1. The highest BCUT2D eigenvalue weighted by molar-refractivity contribution is 5.96. The lowest BCUT2D eigenvalue weighted by atomic mass is 10.2. The highest BCUT2D eigenvalue weighted by Gasteiger charge is 2.17. The lowest BCUT2D eigenvalue weighted by Gasteiger charge is -2.17. The molecule has 0 spiro atoms. The van der Waals surface area contributed by atoms with E-state index in [2.05, 4.69) is 9.97 Å². The van der Waals surface area contributed by atoms with Crippen molar-refractivity contribution in [1.29, 1.82) is 0 Å². The van der Waals surface area contributed by atoms with E-state index in [-0.39, 0.29) is 29.8 Å². The number of hydrogen-bond acceptors (Lipinski definition) is 4. The first kappa shape index (κ1) is 12.9. The Labute approximate surface area is 109 Å². The molecule has 19 heavy (non-hydrogen) atoms. The van der Waals surface area contributed by atoms with Crippen molar-refractivity contribution in [2.75, 3.05) is 12.8 Å². The van der Waals surface area contributed by atoms with E-state index < -0.39 is 0 Å². The van der Waals surface area contributed by atoms with Gasteiger partial charge in [0.05, 0.1) is 0 Å². The number of halogens is 1. The van der Waals surface area contributed by atoms with Gasteiger partial charge < -0.3 is 10.6 Å². The number of carbonyl (C=O) groups excluding carboxylic acids is 1. The monoisotopic (exact) mass is 260 g/mol. The molecule has 1 aromatic heterocycles. The van der Waals surface area contributed by atoms with E-state index in [1.165, 1.54) is 29.4 Å². The van der Waals surface area contributed by atoms with E-state index in [0.717, 1.165) is 0 Å². The number of nitrogen functional groups attached to an aromatic ring is 1. The Hall–Kier alpha value is -2.50. The van der Waals surface area contributed by atoms with Gasteiger partial charge in [-0.1, -0.05) is 12.1 Å². The highest BCUT2D eigenvalue weighted by Crippen LogP contribution is 2.11. The Morgan fingerprint density at radius 1 is 1.37 bits per heavy atom. The minimum absolute atomic E-state index is 0.0820. The van der Waals surface area contributed by atoms with Gasteiger partial charge >= 0.3 is 0 Å². The molecule has 0 saturated carbocycles. The smallest absolute Gasteiger partial charge is 0.276 e. The third-order valence-electron chi connectivity index (χ3n) is 2.58. The van der Waals surface area contributed by atoms with E-state index in [4.69, 9.17) is 5.73 Å². The first-order valence-corrected chi connectivity index (χ1v) is 5.64. The first-order chi connectivity index (χ1) is 9.08. The summed E-state index contributed by atoms with van der Waals surface area (Å²) in [5.41, 5.74) is 6.39. The van der Waals surface area contributed by atoms with Gasteiger partial charge in [-0.05, 0) is 17.7 Å². The van der Waals surface area contributed by atoms with Gasteiger partial charge in [0.25, 0.3) is 5.91 Å². The summed E-state index contributed by atoms with van der Waals surface area (Å²) in [6.45, 7) is 0.270. The molecule has 98 valence electrons. The van der Waals surface area contributed by atoms with Crippen LogP contribution in [0.2, 0.25) is 0 Å². The molecule has 6 heteroatoms. The van der Waals surface area contributed by atoms with Crippen LogP contribution < -0.4 is 5.73 Å². The summed E-state index contributed by atoms with van der Waals surface area (Å²) in [6, 6.07) is 6.07. The third-order valence-corrected chi connectivity index (χ3v) is 2.58. The number of rotatable bonds is 3. The second-order valence-electron chi connectivity index (χ2n) is 4.08. The molecule has 1 amide bonds. The standard InChI is InChI=1S/C13H13FN4O/c1-18(8-9-3-2-4-10(14)7-9)13(19)11-12(15)17-6-5-16-11/h2-7H,8H2,1H3,(H2,15,17). The molecule has 0 radical (unpaired) electrons. The van der Waals surface area contributed by atoms with Crippen molar-refractivity contribution in [2.24, 2.45) is 0 Å². The molecule has 0 bridgehead atoms. The van der Waals surface area contributed by atoms with Gasteiger partial charge in [0.15, 0.2) is 11.5 Å². The van der Waals surface area contributed by atoms with Crippen LogP contribution in [0, 0.1) is 5.82 Å². The summed E-state index contributed by atoms with van der Waals surface area (Å²) < 4.78 is 13.1. The zero-order valence-electron chi connectivity index (χ0n) is 10.4. The molecule has 0 saturated heterocycles. The maximum absolute atomic E-state index is 13.1.